The first kappa shape index (κ1) is 24.6. The SMILES string of the molecule is COc1ccc(C(=O)N(Cc2ccc(NC(=O)C3CCC3)cc2)CC(C)(C)CN)cc1OC. The number of carbonyl (C=O) groups is 2. The Morgan fingerprint density at radius 3 is 2.27 bits per heavy atom. The van der Waals surface area contributed by atoms with Crippen LogP contribution in [-0.2, 0) is 11.3 Å². The fourth-order valence-corrected chi connectivity index (χ4v) is 3.76. The summed E-state index contributed by atoms with van der Waals surface area (Å²) in [6.07, 6.45) is 3.06. The van der Waals surface area contributed by atoms with Crippen molar-refractivity contribution in [3.05, 3.63) is 53.6 Å². The number of ether oxygens (including phenoxy) is 2. The largest absolute Gasteiger partial charge is 0.493 e. The molecular weight excluding hydrogens is 418 g/mol. The van der Waals surface area contributed by atoms with E-state index in [1.54, 1.807) is 37.3 Å². The third kappa shape index (κ3) is 6.26. The van der Waals surface area contributed by atoms with Crippen molar-refractivity contribution < 1.29 is 19.1 Å². The third-order valence-electron chi connectivity index (χ3n) is 6.16. The highest BCUT2D eigenvalue weighted by atomic mass is 16.5. The van der Waals surface area contributed by atoms with E-state index < -0.39 is 0 Å². The molecule has 7 heteroatoms. The van der Waals surface area contributed by atoms with Gasteiger partial charge in [-0.3, -0.25) is 9.59 Å². The van der Waals surface area contributed by atoms with Gasteiger partial charge < -0.3 is 25.4 Å². The predicted molar refractivity (Wildman–Crippen MR) is 130 cm³/mol. The molecule has 3 rings (SSSR count). The van der Waals surface area contributed by atoms with Gasteiger partial charge in [-0.2, -0.15) is 0 Å². The number of methoxy groups -OCH3 is 2. The van der Waals surface area contributed by atoms with Gasteiger partial charge >= 0.3 is 0 Å². The van der Waals surface area contributed by atoms with Crippen LogP contribution in [0.15, 0.2) is 42.5 Å². The van der Waals surface area contributed by atoms with Gasteiger partial charge in [0.15, 0.2) is 11.5 Å². The number of amides is 2. The second kappa shape index (κ2) is 10.7. The molecule has 2 aromatic rings. The lowest BCUT2D eigenvalue weighted by atomic mass is 9.85. The van der Waals surface area contributed by atoms with Crippen LogP contribution >= 0.6 is 0 Å². The number of rotatable bonds is 10. The summed E-state index contributed by atoms with van der Waals surface area (Å²) in [4.78, 5) is 27.5. The maximum absolute atomic E-state index is 13.5. The molecule has 0 radical (unpaired) electrons. The minimum atomic E-state index is -0.247. The fraction of sp³-hybridized carbons (Fsp3) is 0.462. The zero-order valence-corrected chi connectivity index (χ0v) is 20.0. The second-order valence-corrected chi connectivity index (χ2v) is 9.41. The molecule has 3 N–H and O–H groups in total. The van der Waals surface area contributed by atoms with Crippen LogP contribution < -0.4 is 20.5 Å². The van der Waals surface area contributed by atoms with Crippen LogP contribution in [0, 0.1) is 11.3 Å². The molecule has 1 aliphatic rings. The molecule has 2 aromatic carbocycles. The summed E-state index contributed by atoms with van der Waals surface area (Å²) in [5.74, 6) is 1.19. The zero-order chi connectivity index (χ0) is 24.0. The Morgan fingerprint density at radius 1 is 1.06 bits per heavy atom. The van der Waals surface area contributed by atoms with Crippen molar-refractivity contribution in [1.29, 1.82) is 0 Å². The summed E-state index contributed by atoms with van der Waals surface area (Å²) < 4.78 is 10.7. The molecule has 0 bridgehead atoms. The number of nitrogens with one attached hydrogen (secondary N) is 1. The highest BCUT2D eigenvalue weighted by molar-refractivity contribution is 5.95. The quantitative estimate of drug-likeness (QED) is 0.566. The topological polar surface area (TPSA) is 93.9 Å². The number of carbonyl (C=O) groups excluding carboxylic acids is 2. The molecule has 2 amide bonds. The van der Waals surface area contributed by atoms with Gasteiger partial charge in [0.1, 0.15) is 0 Å². The average molecular weight is 454 g/mol. The molecule has 0 aliphatic heterocycles. The monoisotopic (exact) mass is 453 g/mol. The van der Waals surface area contributed by atoms with Gasteiger partial charge in [-0.15, -0.1) is 0 Å². The lowest BCUT2D eigenvalue weighted by molar-refractivity contribution is -0.122. The number of benzene rings is 2. The van der Waals surface area contributed by atoms with Gasteiger partial charge in [-0.25, -0.2) is 0 Å². The minimum Gasteiger partial charge on any atom is -0.493 e. The van der Waals surface area contributed by atoms with E-state index >= 15 is 0 Å². The first-order chi connectivity index (χ1) is 15.8. The molecule has 0 saturated heterocycles. The van der Waals surface area contributed by atoms with Crippen LogP contribution in [0.4, 0.5) is 5.69 Å². The summed E-state index contributed by atoms with van der Waals surface area (Å²) in [6.45, 7) is 5.46. The summed E-state index contributed by atoms with van der Waals surface area (Å²) in [5.41, 5.74) is 7.98. The Labute approximate surface area is 196 Å². The standard InChI is InChI=1S/C26H35N3O4/c1-26(2,16-27)17-29(25(31)20-10-13-22(32-3)23(14-20)33-4)15-18-8-11-21(12-9-18)28-24(30)19-6-5-7-19/h8-14,19H,5-7,15-17,27H2,1-4H3,(H,28,30). The first-order valence-corrected chi connectivity index (χ1v) is 11.4. The van der Waals surface area contributed by atoms with Gasteiger partial charge in [-0.1, -0.05) is 32.4 Å². The first-order valence-electron chi connectivity index (χ1n) is 11.4. The second-order valence-electron chi connectivity index (χ2n) is 9.41. The summed E-state index contributed by atoms with van der Waals surface area (Å²) in [7, 11) is 3.11. The van der Waals surface area contributed by atoms with E-state index in [2.05, 4.69) is 5.32 Å². The number of anilines is 1. The van der Waals surface area contributed by atoms with Crippen molar-refractivity contribution in [1.82, 2.24) is 4.90 Å². The fourth-order valence-electron chi connectivity index (χ4n) is 3.76. The molecule has 0 unspecified atom stereocenters. The number of nitrogens with two attached hydrogens (primary N) is 1. The van der Waals surface area contributed by atoms with E-state index in [-0.39, 0.29) is 23.1 Å². The van der Waals surface area contributed by atoms with E-state index in [9.17, 15) is 9.59 Å². The molecule has 1 saturated carbocycles. The predicted octanol–water partition coefficient (Wildman–Crippen LogP) is 4.07. The minimum absolute atomic E-state index is 0.0870. The molecular formula is C26H35N3O4. The highest BCUT2D eigenvalue weighted by Crippen LogP contribution is 2.30. The molecule has 0 aromatic heterocycles. The van der Waals surface area contributed by atoms with E-state index in [0.717, 1.165) is 30.5 Å². The van der Waals surface area contributed by atoms with Crippen molar-refractivity contribution in [3.63, 3.8) is 0 Å². The Kier molecular flexibility index (Phi) is 7.97. The van der Waals surface area contributed by atoms with Gasteiger partial charge in [0.25, 0.3) is 5.91 Å². The molecule has 1 aliphatic carbocycles. The smallest absolute Gasteiger partial charge is 0.254 e. The van der Waals surface area contributed by atoms with E-state index in [1.165, 1.54) is 0 Å². The number of hydrogen-bond donors (Lipinski definition) is 2. The van der Waals surface area contributed by atoms with Crippen molar-refractivity contribution >= 4 is 17.5 Å². The summed E-state index contributed by atoms with van der Waals surface area (Å²) in [5, 5.41) is 2.98. The van der Waals surface area contributed by atoms with E-state index in [1.807, 2.05) is 38.1 Å². The van der Waals surface area contributed by atoms with Crippen LogP contribution in [0.25, 0.3) is 0 Å². The molecule has 33 heavy (non-hydrogen) atoms. The van der Waals surface area contributed by atoms with Crippen LogP contribution in [0.5, 0.6) is 11.5 Å². The maximum Gasteiger partial charge on any atom is 0.254 e. The maximum atomic E-state index is 13.5. The van der Waals surface area contributed by atoms with Gasteiger partial charge in [0.2, 0.25) is 5.91 Å². The normalized spacial score (nSPS) is 13.7. The average Bonchev–Trinajstić information content (AvgIpc) is 2.77. The molecule has 178 valence electrons. The lowest BCUT2D eigenvalue weighted by Gasteiger charge is -2.32. The highest BCUT2D eigenvalue weighted by Gasteiger charge is 2.26. The van der Waals surface area contributed by atoms with Crippen molar-refractivity contribution in [3.8, 4) is 11.5 Å². The van der Waals surface area contributed by atoms with Crippen molar-refractivity contribution in [2.45, 2.75) is 39.7 Å². The Morgan fingerprint density at radius 2 is 1.73 bits per heavy atom. The van der Waals surface area contributed by atoms with E-state index in [0.29, 0.717) is 36.7 Å². The van der Waals surface area contributed by atoms with Gasteiger partial charge in [0, 0.05) is 30.3 Å². The van der Waals surface area contributed by atoms with Crippen LogP contribution in [0.3, 0.4) is 0 Å². The van der Waals surface area contributed by atoms with Crippen molar-refractivity contribution in [2.75, 3.05) is 32.6 Å². The van der Waals surface area contributed by atoms with Gasteiger partial charge in [0.05, 0.1) is 14.2 Å². The Balaban J connectivity index is 1.77. The zero-order valence-electron chi connectivity index (χ0n) is 20.0. The lowest BCUT2D eigenvalue weighted by Crippen LogP contribution is -2.41. The molecule has 0 atom stereocenters. The Hall–Kier alpha value is -3.06. The summed E-state index contributed by atoms with van der Waals surface area (Å²) in [6, 6.07) is 12.8. The van der Waals surface area contributed by atoms with Crippen molar-refractivity contribution in [2.24, 2.45) is 17.1 Å². The van der Waals surface area contributed by atoms with E-state index in [4.69, 9.17) is 15.2 Å². The Bertz CT molecular complexity index is 968. The third-order valence-corrected chi connectivity index (χ3v) is 6.16. The van der Waals surface area contributed by atoms with Crippen LogP contribution in [0.1, 0.15) is 49.0 Å². The molecule has 0 heterocycles. The van der Waals surface area contributed by atoms with Gasteiger partial charge in [-0.05, 0) is 60.7 Å². The number of nitrogens with zero attached hydrogens (tertiary/aromatic N) is 1. The molecule has 0 spiro atoms. The summed E-state index contributed by atoms with van der Waals surface area (Å²) >= 11 is 0. The molecule has 7 nitrogen and oxygen atoms in total. The van der Waals surface area contributed by atoms with Crippen LogP contribution in [0.2, 0.25) is 0 Å². The number of hydrogen-bond acceptors (Lipinski definition) is 5. The van der Waals surface area contributed by atoms with Crippen LogP contribution in [-0.4, -0.2) is 44.0 Å². The molecule has 1 fully saturated rings.